The van der Waals surface area contributed by atoms with Crippen molar-refractivity contribution in [2.24, 2.45) is 71.0 Å². The van der Waals surface area contributed by atoms with Crippen LogP contribution in [0.4, 0.5) is 0 Å². The van der Waals surface area contributed by atoms with Gasteiger partial charge in [0.15, 0.2) is 0 Å². The second-order valence-electron chi connectivity index (χ2n) is 22.7. The lowest BCUT2D eigenvalue weighted by Crippen LogP contribution is -2.29. The molecule has 21 heteroatoms. The third-order valence-electron chi connectivity index (χ3n) is 11.5. The third-order valence-corrected chi connectivity index (χ3v) is 11.5. The molecule has 0 fully saturated rings. The van der Waals surface area contributed by atoms with E-state index < -0.39 is 5.97 Å². The fraction of sp³-hybridized carbons (Fsp3) is 0.946. The van der Waals surface area contributed by atoms with E-state index in [0.717, 1.165) is 25.7 Å². The van der Waals surface area contributed by atoms with Crippen molar-refractivity contribution in [1.29, 1.82) is 0 Å². The van der Waals surface area contributed by atoms with E-state index in [-0.39, 0.29) is 122 Å². The first-order valence-corrected chi connectivity index (χ1v) is 26.5. The fourth-order valence-corrected chi connectivity index (χ4v) is 5.04. The van der Waals surface area contributed by atoms with Crippen LogP contribution >= 0.6 is 0 Å². The summed E-state index contributed by atoms with van der Waals surface area (Å²) in [5.41, 5.74) is 0. The number of carboxylic acid groups (broad SMARTS) is 1. The molecule has 0 aromatic rings. The van der Waals surface area contributed by atoms with Gasteiger partial charge in [-0.2, -0.15) is 0 Å². The molecule has 0 saturated heterocycles. The van der Waals surface area contributed by atoms with Crippen molar-refractivity contribution in [3.05, 3.63) is 9.93 Å². The highest BCUT2D eigenvalue weighted by Crippen LogP contribution is 2.21. The predicted molar refractivity (Wildman–Crippen MR) is 310 cm³/mol. The van der Waals surface area contributed by atoms with E-state index in [1.807, 2.05) is 96.9 Å². The fourth-order valence-electron chi connectivity index (χ4n) is 5.04. The topological polar surface area (TPSA) is 343 Å². The Morgan fingerprint density at radius 2 is 0.519 bits per heavy atom. The number of rotatable bonds is 29. The number of carbonyl (C=O) groups is 3. The highest BCUT2D eigenvalue weighted by molar-refractivity contribution is 5.80. The van der Waals surface area contributed by atoms with E-state index in [2.05, 4.69) is 89.6 Å². The monoisotopic (exact) mass is 1130 g/mol. The van der Waals surface area contributed by atoms with Crippen LogP contribution in [0.5, 0.6) is 0 Å². The first-order chi connectivity index (χ1) is 34.0. The Kier molecular flexibility index (Phi) is 84.0. The number of carboxylic acids is 1. The summed E-state index contributed by atoms with van der Waals surface area (Å²) in [6.07, 6.45) is 3.90. The van der Waals surface area contributed by atoms with Gasteiger partial charge >= 0.3 is 5.97 Å². The van der Waals surface area contributed by atoms with Crippen LogP contribution in [0.2, 0.25) is 0 Å². The average molecular weight is 1140 g/mol. The molecule has 0 aromatic carbocycles. The number of carbonyl (C=O) groups excluding carboxylic acids is 2. The van der Waals surface area contributed by atoms with Gasteiger partial charge < -0.3 is 10.6 Å². The van der Waals surface area contributed by atoms with E-state index >= 15 is 0 Å². The minimum atomic E-state index is -0.741. The van der Waals surface area contributed by atoms with Crippen LogP contribution in [0.15, 0.2) is 0 Å². The maximum atomic E-state index is 11.2. The number of aliphatic carboxylic acids is 1. The van der Waals surface area contributed by atoms with Crippen molar-refractivity contribution in [2.75, 3.05) is 0 Å². The summed E-state index contributed by atoms with van der Waals surface area (Å²) in [7, 11) is 0. The summed E-state index contributed by atoms with van der Waals surface area (Å²) in [6, 6.07) is 0. The molecule has 0 aliphatic rings. The van der Waals surface area contributed by atoms with Crippen molar-refractivity contribution in [3.8, 4) is 0 Å². The number of ketones is 2. The molecule has 10 N–H and O–H groups in total. The third kappa shape index (κ3) is 69.9. The zero-order valence-electron chi connectivity index (χ0n) is 51.4. The van der Waals surface area contributed by atoms with Crippen molar-refractivity contribution in [1.82, 2.24) is 0 Å². The Bertz CT molecular complexity index is 1100. The van der Waals surface area contributed by atoms with Crippen molar-refractivity contribution in [3.63, 3.8) is 0 Å². The van der Waals surface area contributed by atoms with E-state index in [4.69, 9.17) is 51.8 Å². The molecule has 77 heavy (non-hydrogen) atoms. The Morgan fingerprint density at radius 3 is 0.623 bits per heavy atom. The summed E-state index contributed by atoms with van der Waals surface area (Å²) >= 11 is 0. The first kappa shape index (κ1) is 100. The molecule has 0 aliphatic heterocycles. The van der Waals surface area contributed by atoms with Crippen molar-refractivity contribution >= 4 is 17.5 Å². The maximum Gasteiger partial charge on any atom is 0.305 e. The van der Waals surface area contributed by atoms with Gasteiger partial charge in [-0.1, -0.05) is 181 Å². The normalized spacial score (nSPS) is 13.4. The average Bonchev–Trinajstić information content (AvgIpc) is 3.30. The van der Waals surface area contributed by atoms with E-state index in [1.165, 1.54) is 0 Å². The lowest BCUT2D eigenvalue weighted by Gasteiger charge is -2.23. The van der Waals surface area contributed by atoms with Crippen molar-refractivity contribution < 1.29 is 96.0 Å². The Balaban J connectivity index is -0.0000000734. The van der Waals surface area contributed by atoms with Crippen LogP contribution in [-0.2, 0) is 48.6 Å². The molecule has 0 aromatic heterocycles. The van der Waals surface area contributed by atoms with Crippen molar-refractivity contribution in [2.45, 2.75) is 276 Å². The highest BCUT2D eigenvalue weighted by Gasteiger charge is 2.25. The molecule has 0 bridgehead atoms. The molecule has 7 unspecified atom stereocenters. The standard InChI is InChI=1S/2C9H20O4.C9H18O3.2C9H20O2.C5H10O.C4H8O2.2CH4.O2.H2O/c2*1-6(2)8(12-10)5-9(13-11)7(3)4;1-6(2)8(10)5-9(12-11)7(3)4;2*1-7(2)5-6-9(11-10)8(3)4;1-4(2)5(3)6;1-3(2)4(5)6;;;1-2;/h2*6-11H,5H2,1-4H3;6-7,9,11H,5H2,1-4H3;2*7-10H,5-6H2,1-4H3;4H,1-3H3;3H,1-2H3,(H,5,6);2*1H4;;1H2. The minimum absolute atomic E-state index is 0. The van der Waals surface area contributed by atoms with Crippen LogP contribution in [0.3, 0.4) is 0 Å². The number of hydrogen-bond donors (Lipinski definition) is 8. The Labute approximate surface area is 468 Å². The molecular weight excluding hydrogens is 1010 g/mol. The molecule has 0 saturated carbocycles. The van der Waals surface area contributed by atoms with Gasteiger partial charge in [0.2, 0.25) is 0 Å². The molecule has 0 aliphatic carbocycles. The smallest absolute Gasteiger partial charge is 0.305 e. The summed E-state index contributed by atoms with van der Waals surface area (Å²) in [6.45, 7) is 48.6. The van der Waals surface area contributed by atoms with E-state index in [0.29, 0.717) is 42.9 Å². The minimum Gasteiger partial charge on any atom is -0.481 e. The molecule has 0 rings (SSSR count). The lowest BCUT2D eigenvalue weighted by atomic mass is 9.95. The van der Waals surface area contributed by atoms with Gasteiger partial charge in [0, 0.05) is 41.0 Å². The van der Waals surface area contributed by atoms with Crippen LogP contribution in [0.25, 0.3) is 0 Å². The zero-order valence-corrected chi connectivity index (χ0v) is 51.4. The summed E-state index contributed by atoms with van der Waals surface area (Å²) < 4.78 is 0. The van der Waals surface area contributed by atoms with Gasteiger partial charge in [0.25, 0.3) is 0 Å². The molecule has 0 spiro atoms. The summed E-state index contributed by atoms with van der Waals surface area (Å²) in [5, 5.41) is 67.8. The first-order valence-electron chi connectivity index (χ1n) is 26.5. The predicted octanol–water partition coefficient (Wildman–Crippen LogP) is 15.3. The van der Waals surface area contributed by atoms with Gasteiger partial charge in [-0.25, -0.2) is 34.2 Å². The molecule has 0 radical (unpaired) electrons. The van der Waals surface area contributed by atoms with Crippen LogP contribution in [-0.4, -0.2) is 108 Å². The van der Waals surface area contributed by atoms with E-state index in [1.54, 1.807) is 20.8 Å². The van der Waals surface area contributed by atoms with Crippen LogP contribution in [0, 0.1) is 80.9 Å². The van der Waals surface area contributed by atoms with E-state index in [9.17, 15) is 14.4 Å². The second kappa shape index (κ2) is 64.6. The molecule has 476 valence electrons. The number of hydrogen-bond acceptors (Lipinski definition) is 19. The van der Waals surface area contributed by atoms with Crippen LogP contribution in [0.1, 0.15) is 233 Å². The van der Waals surface area contributed by atoms with Gasteiger partial charge in [0.05, 0.1) is 42.5 Å². The maximum absolute atomic E-state index is 11.2. The van der Waals surface area contributed by atoms with Gasteiger partial charge in [0.1, 0.15) is 17.7 Å². The lowest BCUT2D eigenvalue weighted by molar-refractivity contribution is -0.323. The van der Waals surface area contributed by atoms with Gasteiger partial charge in [-0.05, 0) is 85.9 Å². The zero-order chi connectivity index (χ0) is 60.6. The van der Waals surface area contributed by atoms with Crippen LogP contribution < -0.4 is 0 Å². The molecule has 21 nitrogen and oxygen atoms in total. The summed E-state index contributed by atoms with van der Waals surface area (Å²) in [5.74, 6) is 2.77. The second-order valence-corrected chi connectivity index (χ2v) is 22.7. The molecule has 0 amide bonds. The van der Waals surface area contributed by atoms with Gasteiger partial charge in [-0.15, -0.1) is 0 Å². The van der Waals surface area contributed by atoms with Gasteiger partial charge in [-0.3, -0.25) is 51.2 Å². The largest absolute Gasteiger partial charge is 0.481 e. The highest BCUT2D eigenvalue weighted by atomic mass is 17.1. The summed E-state index contributed by atoms with van der Waals surface area (Å²) in [4.78, 5) is 75.2. The molecular formula is C56H126O21. The Morgan fingerprint density at radius 1 is 0.338 bits per heavy atom. The SMILES string of the molecule is C.C.CC(=O)C(C)C.CC(C)C(=O)CC(OO)C(C)C.CC(C)C(=O)O.CC(C)C(CC(OO)C(C)C)OO.CC(C)C(CC(OO)C(C)C)OO.CC(C)CCC(OO)C(C)C.CC(C)CCC(OO)C(C)C.O.O=O. The molecule has 0 heterocycles. The quantitative estimate of drug-likeness (QED) is 0.0255. The Hall–Kier alpha value is -2.19. The number of Topliss-reactive ketones (excluding diaryl/α,β-unsaturated/α-hetero) is 2. The molecule has 7 atom stereocenters.